The molecule has 1 aromatic heterocycles. The fourth-order valence-electron chi connectivity index (χ4n) is 2.27. The van der Waals surface area contributed by atoms with Crippen LogP contribution in [0.1, 0.15) is 18.4 Å². The molecule has 0 amide bonds. The van der Waals surface area contributed by atoms with Crippen LogP contribution < -0.4 is 10.6 Å². The zero-order valence-corrected chi connectivity index (χ0v) is 10.6. The number of nitrogen functional groups attached to an aromatic ring is 1. The maximum atomic E-state index is 5.92. The minimum absolute atomic E-state index is 0.694. The van der Waals surface area contributed by atoms with Gasteiger partial charge in [0.1, 0.15) is 5.82 Å². The van der Waals surface area contributed by atoms with Crippen LogP contribution in [0, 0.1) is 12.8 Å². The number of hydrogen-bond acceptors (Lipinski definition) is 4. The van der Waals surface area contributed by atoms with Gasteiger partial charge in [-0.3, -0.25) is 0 Å². The summed E-state index contributed by atoms with van der Waals surface area (Å²) < 4.78 is 5.20. The Balaban J connectivity index is 1.98. The van der Waals surface area contributed by atoms with Crippen LogP contribution in [0.2, 0.25) is 0 Å². The smallest absolute Gasteiger partial charge is 0.130 e. The zero-order valence-electron chi connectivity index (χ0n) is 10.6. The van der Waals surface area contributed by atoms with Crippen molar-refractivity contribution in [3.63, 3.8) is 0 Å². The standard InChI is InChI=1S/C13H21N3O/c1-10-8-15-13(7-12(10)14)16-5-3-11(4-6-16)9-17-2/h7-8,11H,3-6,9H2,1-2H3,(H2,14,15). The third-order valence-corrected chi connectivity index (χ3v) is 3.47. The number of nitrogens with zero attached hydrogens (tertiary/aromatic N) is 2. The Hall–Kier alpha value is -1.29. The molecule has 0 atom stereocenters. The number of methoxy groups -OCH3 is 1. The molecule has 1 aliphatic rings. The highest BCUT2D eigenvalue weighted by Gasteiger charge is 2.20. The summed E-state index contributed by atoms with van der Waals surface area (Å²) in [5.41, 5.74) is 7.79. The fourth-order valence-corrected chi connectivity index (χ4v) is 2.27. The van der Waals surface area contributed by atoms with Crippen molar-refractivity contribution in [3.05, 3.63) is 17.8 Å². The van der Waals surface area contributed by atoms with Gasteiger partial charge in [-0.2, -0.15) is 0 Å². The molecule has 17 heavy (non-hydrogen) atoms. The molecule has 1 aliphatic heterocycles. The van der Waals surface area contributed by atoms with E-state index in [1.807, 2.05) is 19.2 Å². The Kier molecular flexibility index (Phi) is 3.84. The first kappa shape index (κ1) is 12.2. The summed E-state index contributed by atoms with van der Waals surface area (Å²) >= 11 is 0. The van der Waals surface area contributed by atoms with Gasteiger partial charge in [-0.1, -0.05) is 0 Å². The Morgan fingerprint density at radius 1 is 1.47 bits per heavy atom. The molecule has 0 radical (unpaired) electrons. The van der Waals surface area contributed by atoms with Gasteiger partial charge >= 0.3 is 0 Å². The molecule has 4 nitrogen and oxygen atoms in total. The van der Waals surface area contributed by atoms with Gasteiger partial charge in [-0.25, -0.2) is 4.98 Å². The van der Waals surface area contributed by atoms with Crippen LogP contribution in [0.15, 0.2) is 12.3 Å². The number of rotatable bonds is 3. The minimum atomic E-state index is 0.694. The molecule has 0 spiro atoms. The van der Waals surface area contributed by atoms with E-state index in [0.717, 1.165) is 36.8 Å². The summed E-state index contributed by atoms with van der Waals surface area (Å²) in [6, 6.07) is 1.98. The predicted molar refractivity (Wildman–Crippen MR) is 70.2 cm³/mol. The number of aryl methyl sites for hydroxylation is 1. The van der Waals surface area contributed by atoms with E-state index in [1.54, 1.807) is 7.11 Å². The average molecular weight is 235 g/mol. The number of nitrogens with two attached hydrogens (primary N) is 1. The first-order valence-corrected chi connectivity index (χ1v) is 6.16. The van der Waals surface area contributed by atoms with Gasteiger partial charge in [0.05, 0.1) is 0 Å². The van der Waals surface area contributed by atoms with Crippen LogP contribution in [-0.2, 0) is 4.74 Å². The van der Waals surface area contributed by atoms with Crippen molar-refractivity contribution in [2.24, 2.45) is 5.92 Å². The van der Waals surface area contributed by atoms with Crippen molar-refractivity contribution >= 4 is 11.5 Å². The number of pyridine rings is 1. The van der Waals surface area contributed by atoms with Crippen LogP contribution in [0.4, 0.5) is 11.5 Å². The summed E-state index contributed by atoms with van der Waals surface area (Å²) in [5, 5.41) is 0. The van der Waals surface area contributed by atoms with E-state index in [2.05, 4.69) is 9.88 Å². The van der Waals surface area contributed by atoms with Crippen molar-refractivity contribution < 1.29 is 4.74 Å². The second-order valence-electron chi connectivity index (χ2n) is 4.78. The first-order valence-electron chi connectivity index (χ1n) is 6.16. The lowest BCUT2D eigenvalue weighted by molar-refractivity contribution is 0.139. The summed E-state index contributed by atoms with van der Waals surface area (Å²) in [7, 11) is 1.77. The summed E-state index contributed by atoms with van der Waals surface area (Å²) in [6.07, 6.45) is 4.19. The highest BCUT2D eigenvalue weighted by molar-refractivity contribution is 5.54. The number of hydrogen-bond donors (Lipinski definition) is 1. The number of piperidine rings is 1. The summed E-state index contributed by atoms with van der Waals surface area (Å²) in [6.45, 7) is 4.95. The first-order chi connectivity index (χ1) is 8.20. The largest absolute Gasteiger partial charge is 0.398 e. The van der Waals surface area contributed by atoms with E-state index in [1.165, 1.54) is 12.8 Å². The van der Waals surface area contributed by atoms with Crippen LogP contribution in [0.25, 0.3) is 0 Å². The molecule has 0 aromatic carbocycles. The molecular formula is C13H21N3O. The third-order valence-electron chi connectivity index (χ3n) is 3.47. The lowest BCUT2D eigenvalue weighted by Gasteiger charge is -2.32. The van der Waals surface area contributed by atoms with Crippen LogP contribution in [0.3, 0.4) is 0 Å². The minimum Gasteiger partial charge on any atom is -0.398 e. The van der Waals surface area contributed by atoms with E-state index in [9.17, 15) is 0 Å². The molecule has 0 aliphatic carbocycles. The van der Waals surface area contributed by atoms with Crippen LogP contribution in [0.5, 0.6) is 0 Å². The van der Waals surface area contributed by atoms with E-state index in [-0.39, 0.29) is 0 Å². The molecule has 0 bridgehead atoms. The monoisotopic (exact) mass is 235 g/mol. The van der Waals surface area contributed by atoms with Gasteiger partial charge in [-0.15, -0.1) is 0 Å². The molecule has 1 fully saturated rings. The van der Waals surface area contributed by atoms with E-state index in [0.29, 0.717) is 5.92 Å². The molecule has 1 saturated heterocycles. The molecule has 0 saturated carbocycles. The van der Waals surface area contributed by atoms with E-state index >= 15 is 0 Å². The molecule has 2 N–H and O–H groups in total. The molecular weight excluding hydrogens is 214 g/mol. The number of aromatic nitrogens is 1. The van der Waals surface area contributed by atoms with Gasteiger partial charge in [-0.05, 0) is 31.2 Å². The Labute approximate surface area is 103 Å². The highest BCUT2D eigenvalue weighted by Crippen LogP contribution is 2.24. The van der Waals surface area contributed by atoms with Crippen molar-refractivity contribution in [2.45, 2.75) is 19.8 Å². The lowest BCUT2D eigenvalue weighted by Crippen LogP contribution is -2.35. The van der Waals surface area contributed by atoms with Crippen molar-refractivity contribution in [1.29, 1.82) is 0 Å². The molecule has 2 heterocycles. The van der Waals surface area contributed by atoms with Gasteiger partial charge in [0, 0.05) is 44.8 Å². The third kappa shape index (κ3) is 2.88. The fraction of sp³-hybridized carbons (Fsp3) is 0.615. The van der Waals surface area contributed by atoms with E-state index < -0.39 is 0 Å². The van der Waals surface area contributed by atoms with Crippen LogP contribution in [-0.4, -0.2) is 31.8 Å². The molecule has 4 heteroatoms. The maximum absolute atomic E-state index is 5.92. The second-order valence-corrected chi connectivity index (χ2v) is 4.78. The topological polar surface area (TPSA) is 51.4 Å². The normalized spacial score (nSPS) is 17.4. The van der Waals surface area contributed by atoms with Gasteiger partial charge in [0.15, 0.2) is 0 Å². The predicted octanol–water partition coefficient (Wildman–Crippen LogP) is 1.84. The highest BCUT2D eigenvalue weighted by atomic mass is 16.5. The lowest BCUT2D eigenvalue weighted by atomic mass is 9.98. The van der Waals surface area contributed by atoms with E-state index in [4.69, 9.17) is 10.5 Å². The SMILES string of the molecule is COCC1CCN(c2cc(N)c(C)cn2)CC1. The summed E-state index contributed by atoms with van der Waals surface area (Å²) in [4.78, 5) is 6.76. The van der Waals surface area contributed by atoms with Gasteiger partial charge < -0.3 is 15.4 Å². The molecule has 94 valence electrons. The Morgan fingerprint density at radius 2 is 2.18 bits per heavy atom. The Bertz CT molecular complexity index is 373. The Morgan fingerprint density at radius 3 is 2.76 bits per heavy atom. The molecule has 0 unspecified atom stereocenters. The van der Waals surface area contributed by atoms with Crippen molar-refractivity contribution in [3.8, 4) is 0 Å². The van der Waals surface area contributed by atoms with Gasteiger partial charge in [0.25, 0.3) is 0 Å². The average Bonchev–Trinajstić information content (AvgIpc) is 2.34. The van der Waals surface area contributed by atoms with Crippen LogP contribution >= 0.6 is 0 Å². The maximum Gasteiger partial charge on any atom is 0.130 e. The summed E-state index contributed by atoms with van der Waals surface area (Å²) in [5.74, 6) is 1.70. The second kappa shape index (κ2) is 5.36. The number of anilines is 2. The van der Waals surface area contributed by atoms with Crippen molar-refractivity contribution in [1.82, 2.24) is 4.98 Å². The van der Waals surface area contributed by atoms with Crippen molar-refractivity contribution in [2.75, 3.05) is 37.4 Å². The zero-order chi connectivity index (χ0) is 12.3. The molecule has 1 aromatic rings. The molecule has 2 rings (SSSR count). The van der Waals surface area contributed by atoms with Gasteiger partial charge in [0.2, 0.25) is 0 Å². The number of ether oxygens (including phenoxy) is 1. The quantitative estimate of drug-likeness (QED) is 0.868.